The molecule has 0 radical (unpaired) electrons. The van der Waals surface area contributed by atoms with Gasteiger partial charge in [-0.2, -0.15) is 0 Å². The van der Waals surface area contributed by atoms with E-state index in [0.717, 1.165) is 44.6 Å². The largest absolute Gasteiger partial charge is 0.368 e. The summed E-state index contributed by atoms with van der Waals surface area (Å²) in [5.41, 5.74) is 11.7. The second-order valence-corrected chi connectivity index (χ2v) is 8.13. The van der Waals surface area contributed by atoms with E-state index in [-0.39, 0.29) is 11.8 Å². The van der Waals surface area contributed by atoms with Crippen LogP contribution in [-0.2, 0) is 23.2 Å². The minimum Gasteiger partial charge on any atom is -0.368 e. The van der Waals surface area contributed by atoms with Crippen LogP contribution >= 0.6 is 0 Å². The molecule has 1 aliphatic carbocycles. The second-order valence-electron chi connectivity index (χ2n) is 8.13. The van der Waals surface area contributed by atoms with Crippen molar-refractivity contribution in [2.24, 2.45) is 11.7 Å². The van der Waals surface area contributed by atoms with E-state index in [1.54, 1.807) is 0 Å². The van der Waals surface area contributed by atoms with Gasteiger partial charge in [0, 0.05) is 26.2 Å². The molecule has 2 aromatic rings. The van der Waals surface area contributed by atoms with Crippen LogP contribution in [0.5, 0.6) is 0 Å². The highest BCUT2D eigenvalue weighted by molar-refractivity contribution is 5.88. The lowest BCUT2D eigenvalue weighted by molar-refractivity contribution is -0.135. The molecule has 2 unspecified atom stereocenters. The number of carbonyl (C=O) groups is 1. The lowest BCUT2D eigenvalue weighted by Gasteiger charge is -2.45. The highest BCUT2D eigenvalue weighted by atomic mass is 16.1. The monoisotopic (exact) mass is 363 g/mol. The van der Waals surface area contributed by atoms with Crippen molar-refractivity contribution in [2.45, 2.75) is 32.2 Å². The molecule has 4 nitrogen and oxygen atoms in total. The number of primary amides is 1. The Bertz CT molecular complexity index is 836. The van der Waals surface area contributed by atoms with Crippen molar-refractivity contribution in [1.82, 2.24) is 10.2 Å². The zero-order valence-corrected chi connectivity index (χ0v) is 16.3. The summed E-state index contributed by atoms with van der Waals surface area (Å²) in [6, 6.07) is 15.1. The second kappa shape index (κ2) is 7.10. The van der Waals surface area contributed by atoms with E-state index >= 15 is 0 Å². The summed E-state index contributed by atoms with van der Waals surface area (Å²) in [4.78, 5) is 15.4. The molecule has 1 saturated heterocycles. The summed E-state index contributed by atoms with van der Waals surface area (Å²) in [6.45, 7) is 7.76. The quantitative estimate of drug-likeness (QED) is 0.876. The Labute approximate surface area is 161 Å². The lowest BCUT2D eigenvalue weighted by Crippen LogP contribution is -2.62. The average Bonchev–Trinajstić information content (AvgIpc) is 2.96. The molecule has 1 aliphatic heterocycles. The van der Waals surface area contributed by atoms with Gasteiger partial charge in [-0.25, -0.2) is 0 Å². The fraction of sp³-hybridized carbons (Fsp3) is 0.435. The fourth-order valence-corrected chi connectivity index (χ4v) is 5.33. The number of carbonyl (C=O) groups excluding carboxylic acids is 1. The molecule has 142 valence electrons. The Morgan fingerprint density at radius 1 is 1.15 bits per heavy atom. The van der Waals surface area contributed by atoms with Gasteiger partial charge in [0.1, 0.15) is 5.54 Å². The molecule has 0 spiro atoms. The topological polar surface area (TPSA) is 58.4 Å². The zero-order chi connectivity index (χ0) is 19.0. The molecule has 0 saturated carbocycles. The lowest BCUT2D eigenvalue weighted by atomic mass is 9.77. The van der Waals surface area contributed by atoms with Crippen LogP contribution in [0.15, 0.2) is 42.5 Å². The fourth-order valence-electron chi connectivity index (χ4n) is 5.33. The van der Waals surface area contributed by atoms with Gasteiger partial charge in [-0.15, -0.1) is 0 Å². The first kappa shape index (κ1) is 18.2. The maximum absolute atomic E-state index is 13.1. The van der Waals surface area contributed by atoms with Crippen molar-refractivity contribution in [3.8, 4) is 0 Å². The maximum atomic E-state index is 13.1. The van der Waals surface area contributed by atoms with Gasteiger partial charge >= 0.3 is 0 Å². The minimum atomic E-state index is -0.712. The first-order valence-electron chi connectivity index (χ1n) is 9.93. The molecule has 1 heterocycles. The highest BCUT2D eigenvalue weighted by Gasteiger charge is 2.55. The number of nitrogens with zero attached hydrogens (tertiary/aromatic N) is 1. The molecule has 1 fully saturated rings. The molecule has 0 aromatic heterocycles. The van der Waals surface area contributed by atoms with Crippen LogP contribution in [0.2, 0.25) is 0 Å². The van der Waals surface area contributed by atoms with Gasteiger partial charge in [0.2, 0.25) is 5.91 Å². The number of aryl methyl sites for hydroxylation is 2. The molecule has 27 heavy (non-hydrogen) atoms. The first-order valence-corrected chi connectivity index (χ1v) is 9.93. The molecular formula is C23H29N3O. The van der Waals surface area contributed by atoms with Crippen LogP contribution in [0, 0.1) is 19.8 Å². The van der Waals surface area contributed by atoms with Gasteiger partial charge < -0.3 is 11.1 Å². The van der Waals surface area contributed by atoms with E-state index in [4.69, 9.17) is 5.73 Å². The Morgan fingerprint density at radius 2 is 1.81 bits per heavy atom. The summed E-state index contributed by atoms with van der Waals surface area (Å²) >= 11 is 0. The maximum Gasteiger partial charge on any atom is 0.242 e. The Morgan fingerprint density at radius 3 is 2.48 bits per heavy atom. The van der Waals surface area contributed by atoms with Gasteiger partial charge in [0.25, 0.3) is 0 Å². The van der Waals surface area contributed by atoms with Crippen molar-refractivity contribution >= 4 is 5.91 Å². The molecular weight excluding hydrogens is 334 g/mol. The number of piperazine rings is 1. The van der Waals surface area contributed by atoms with Gasteiger partial charge in [-0.3, -0.25) is 9.69 Å². The third kappa shape index (κ3) is 3.07. The number of benzene rings is 2. The Hall–Kier alpha value is -2.17. The number of rotatable bonds is 4. The van der Waals surface area contributed by atoms with Gasteiger partial charge in [0.15, 0.2) is 0 Å². The van der Waals surface area contributed by atoms with Crippen LogP contribution < -0.4 is 11.1 Å². The van der Waals surface area contributed by atoms with Gasteiger partial charge in [-0.05, 0) is 49.3 Å². The standard InChI is InChI=1S/C23H29N3O/c1-16-11-17(2)13-18(12-16)14-20-15-19-5-3-4-6-21(19)23(20,22(24)27)26-9-7-25-8-10-26/h3-6,11-13,20,25H,7-10,14-15H2,1-2H3,(H2,24,27). The van der Waals surface area contributed by atoms with Crippen LogP contribution in [0.4, 0.5) is 0 Å². The molecule has 2 aromatic carbocycles. The van der Waals surface area contributed by atoms with E-state index in [2.05, 4.69) is 60.5 Å². The summed E-state index contributed by atoms with van der Waals surface area (Å²) in [7, 11) is 0. The SMILES string of the molecule is Cc1cc(C)cc(CC2Cc3ccccc3C2(C(N)=O)N2CCNCC2)c1. The molecule has 1 amide bonds. The summed E-state index contributed by atoms with van der Waals surface area (Å²) < 4.78 is 0. The average molecular weight is 364 g/mol. The van der Waals surface area contributed by atoms with Gasteiger partial charge in [-0.1, -0.05) is 53.6 Å². The van der Waals surface area contributed by atoms with Crippen molar-refractivity contribution in [1.29, 1.82) is 0 Å². The van der Waals surface area contributed by atoms with Crippen molar-refractivity contribution in [2.75, 3.05) is 26.2 Å². The van der Waals surface area contributed by atoms with E-state index in [1.165, 1.54) is 22.3 Å². The van der Waals surface area contributed by atoms with E-state index in [1.807, 2.05) is 6.07 Å². The Kier molecular flexibility index (Phi) is 4.79. The predicted molar refractivity (Wildman–Crippen MR) is 109 cm³/mol. The predicted octanol–water partition coefficient (Wildman–Crippen LogP) is 2.30. The molecule has 2 atom stereocenters. The number of hydrogen-bond acceptors (Lipinski definition) is 3. The Balaban J connectivity index is 1.80. The van der Waals surface area contributed by atoms with Crippen molar-refractivity contribution in [3.05, 3.63) is 70.3 Å². The number of amides is 1. The van der Waals surface area contributed by atoms with Crippen molar-refractivity contribution in [3.63, 3.8) is 0 Å². The number of nitrogens with two attached hydrogens (primary N) is 1. The molecule has 4 heteroatoms. The third-order valence-electron chi connectivity index (χ3n) is 6.24. The van der Waals surface area contributed by atoms with Crippen LogP contribution in [-0.4, -0.2) is 37.0 Å². The number of fused-ring (bicyclic) bond motifs is 1. The first-order chi connectivity index (χ1) is 13.0. The molecule has 0 bridgehead atoms. The molecule has 4 rings (SSSR count). The third-order valence-corrected chi connectivity index (χ3v) is 6.24. The highest BCUT2D eigenvalue weighted by Crippen LogP contribution is 2.47. The molecule has 3 N–H and O–H groups in total. The summed E-state index contributed by atoms with van der Waals surface area (Å²) in [6.07, 6.45) is 1.76. The van der Waals surface area contributed by atoms with E-state index in [0.29, 0.717) is 0 Å². The minimum absolute atomic E-state index is 0.159. The van der Waals surface area contributed by atoms with Crippen LogP contribution in [0.3, 0.4) is 0 Å². The van der Waals surface area contributed by atoms with Gasteiger partial charge in [0.05, 0.1) is 0 Å². The zero-order valence-electron chi connectivity index (χ0n) is 16.3. The van der Waals surface area contributed by atoms with Crippen molar-refractivity contribution < 1.29 is 4.79 Å². The summed E-state index contributed by atoms with van der Waals surface area (Å²) in [5.74, 6) is -0.0459. The number of hydrogen-bond donors (Lipinski definition) is 2. The smallest absolute Gasteiger partial charge is 0.242 e. The van der Waals surface area contributed by atoms with Crippen LogP contribution in [0.25, 0.3) is 0 Å². The van der Waals surface area contributed by atoms with E-state index in [9.17, 15) is 4.79 Å². The number of nitrogens with one attached hydrogen (secondary N) is 1. The van der Waals surface area contributed by atoms with Crippen LogP contribution in [0.1, 0.15) is 27.8 Å². The van der Waals surface area contributed by atoms with E-state index < -0.39 is 5.54 Å². The molecule has 2 aliphatic rings. The normalized spacial score (nSPS) is 25.3. The summed E-state index contributed by atoms with van der Waals surface area (Å²) in [5, 5.41) is 3.40.